The van der Waals surface area contributed by atoms with Crippen LogP contribution in [-0.2, 0) is 23.5 Å². The molecule has 0 aliphatic rings. The normalized spacial score (nSPS) is 11.7. The number of rotatable bonds is 6. The fourth-order valence-corrected chi connectivity index (χ4v) is 5.13. The predicted molar refractivity (Wildman–Crippen MR) is 136 cm³/mol. The van der Waals surface area contributed by atoms with Crippen LogP contribution in [0.25, 0.3) is 21.8 Å². The number of benzene rings is 4. The molecule has 0 spiro atoms. The molecule has 7 nitrogen and oxygen atoms in total. The number of anilines is 1. The second-order valence-electron chi connectivity index (χ2n) is 8.16. The van der Waals surface area contributed by atoms with E-state index in [1.165, 1.54) is 0 Å². The molecule has 170 valence electrons. The Kier molecular flexibility index (Phi) is 5.30. The second-order valence-corrected chi connectivity index (χ2v) is 9.84. The molecule has 0 aliphatic carbocycles. The Morgan fingerprint density at radius 3 is 2.44 bits per heavy atom. The fourth-order valence-electron chi connectivity index (χ4n) is 4.03. The summed E-state index contributed by atoms with van der Waals surface area (Å²) in [5, 5.41) is 9.38. The summed E-state index contributed by atoms with van der Waals surface area (Å²) in [4.78, 5) is 4.96. The maximum absolute atomic E-state index is 13.2. The number of fused-ring (bicyclic) bond motifs is 2. The minimum atomic E-state index is -3.80. The number of nitrogens with one attached hydrogen (secondary N) is 2. The van der Waals surface area contributed by atoms with Gasteiger partial charge in [-0.15, -0.1) is 0 Å². The Hall–Kier alpha value is -4.17. The molecule has 34 heavy (non-hydrogen) atoms. The summed E-state index contributed by atoms with van der Waals surface area (Å²) >= 11 is 0. The molecule has 1 heterocycles. The van der Waals surface area contributed by atoms with Crippen molar-refractivity contribution in [1.29, 1.82) is 5.41 Å². The van der Waals surface area contributed by atoms with E-state index in [1.807, 2.05) is 72.3 Å². The average Bonchev–Trinajstić information content (AvgIpc) is 3.15. The van der Waals surface area contributed by atoms with Crippen LogP contribution in [0, 0.1) is 5.41 Å². The lowest BCUT2D eigenvalue weighted by Gasteiger charge is -2.10. The van der Waals surface area contributed by atoms with Gasteiger partial charge < -0.3 is 10.3 Å². The van der Waals surface area contributed by atoms with Crippen molar-refractivity contribution in [1.82, 2.24) is 9.55 Å². The number of hydrogen-bond donors (Lipinski definition) is 3. The van der Waals surface area contributed by atoms with Gasteiger partial charge in [-0.3, -0.25) is 10.1 Å². The third-order valence-electron chi connectivity index (χ3n) is 5.91. The van der Waals surface area contributed by atoms with Crippen molar-refractivity contribution >= 4 is 43.4 Å². The van der Waals surface area contributed by atoms with Crippen LogP contribution < -0.4 is 10.5 Å². The molecule has 4 aromatic carbocycles. The van der Waals surface area contributed by atoms with Gasteiger partial charge in [0.15, 0.2) is 0 Å². The first kappa shape index (κ1) is 21.7. The zero-order chi connectivity index (χ0) is 23.9. The van der Waals surface area contributed by atoms with Gasteiger partial charge in [0, 0.05) is 19.0 Å². The summed E-state index contributed by atoms with van der Waals surface area (Å²) in [6, 6.07) is 25.6. The fraction of sp³-hybridized carbons (Fsp3) is 0.0769. The lowest BCUT2D eigenvalue weighted by molar-refractivity contribution is 0.601. The molecular formula is C26H23N5O2S. The van der Waals surface area contributed by atoms with E-state index in [9.17, 15) is 8.42 Å². The van der Waals surface area contributed by atoms with Crippen molar-refractivity contribution in [3.63, 3.8) is 0 Å². The van der Waals surface area contributed by atoms with Gasteiger partial charge in [0.2, 0.25) is 0 Å². The summed E-state index contributed by atoms with van der Waals surface area (Å²) in [6.07, 6.45) is 0.556. The number of sulfonamides is 1. The smallest absolute Gasteiger partial charge is 0.261 e. The molecule has 0 fully saturated rings. The maximum Gasteiger partial charge on any atom is 0.261 e. The minimum Gasteiger partial charge on any atom is -0.384 e. The first-order chi connectivity index (χ1) is 16.3. The van der Waals surface area contributed by atoms with Crippen molar-refractivity contribution in [2.45, 2.75) is 11.3 Å². The van der Waals surface area contributed by atoms with Gasteiger partial charge in [-0.25, -0.2) is 13.4 Å². The van der Waals surface area contributed by atoms with Crippen LogP contribution in [0.3, 0.4) is 0 Å². The molecule has 0 unspecified atom stereocenters. The quantitative estimate of drug-likeness (QED) is 0.253. The molecule has 0 radical (unpaired) electrons. The number of aryl methyl sites for hydroxylation is 1. The molecule has 1 aromatic heterocycles. The summed E-state index contributed by atoms with van der Waals surface area (Å²) in [7, 11) is -1.89. The number of hydrogen-bond acceptors (Lipinski definition) is 4. The maximum atomic E-state index is 13.2. The molecule has 0 aliphatic heterocycles. The largest absolute Gasteiger partial charge is 0.384 e. The lowest BCUT2D eigenvalue weighted by atomic mass is 10.1. The third kappa shape index (κ3) is 3.99. The Morgan fingerprint density at radius 2 is 1.71 bits per heavy atom. The van der Waals surface area contributed by atoms with Crippen molar-refractivity contribution in [3.05, 3.63) is 102 Å². The molecule has 8 heteroatoms. The van der Waals surface area contributed by atoms with Crippen LogP contribution in [0.1, 0.15) is 17.0 Å². The zero-order valence-electron chi connectivity index (χ0n) is 18.5. The zero-order valence-corrected chi connectivity index (χ0v) is 19.3. The van der Waals surface area contributed by atoms with Gasteiger partial charge in [-0.05, 0) is 40.6 Å². The number of nitrogens with two attached hydrogens (primary N) is 1. The minimum absolute atomic E-state index is 0.0256. The number of nitrogens with zero attached hydrogens (tertiary/aromatic N) is 2. The number of amidine groups is 1. The number of aromatic nitrogens is 2. The van der Waals surface area contributed by atoms with E-state index in [1.54, 1.807) is 24.3 Å². The molecule has 5 rings (SSSR count). The van der Waals surface area contributed by atoms with Gasteiger partial charge in [-0.2, -0.15) is 0 Å². The molecule has 0 bridgehead atoms. The molecule has 0 atom stereocenters. The van der Waals surface area contributed by atoms with Crippen LogP contribution in [0.4, 0.5) is 5.69 Å². The van der Waals surface area contributed by atoms with Crippen LogP contribution in [0.15, 0.2) is 89.8 Å². The topological polar surface area (TPSA) is 114 Å². The molecular weight excluding hydrogens is 446 g/mol. The summed E-state index contributed by atoms with van der Waals surface area (Å²) in [5.74, 6) is 0.820. The van der Waals surface area contributed by atoms with E-state index in [0.29, 0.717) is 23.2 Å². The van der Waals surface area contributed by atoms with Crippen molar-refractivity contribution in [2.24, 2.45) is 12.8 Å². The number of imidazole rings is 1. The van der Waals surface area contributed by atoms with E-state index >= 15 is 0 Å². The van der Waals surface area contributed by atoms with Gasteiger partial charge >= 0.3 is 0 Å². The highest BCUT2D eigenvalue weighted by molar-refractivity contribution is 7.92. The Morgan fingerprint density at radius 1 is 0.971 bits per heavy atom. The van der Waals surface area contributed by atoms with Crippen LogP contribution in [0.5, 0.6) is 0 Å². The highest BCUT2D eigenvalue weighted by Gasteiger charge is 2.19. The highest BCUT2D eigenvalue weighted by Crippen LogP contribution is 2.28. The van der Waals surface area contributed by atoms with Gasteiger partial charge in [0.05, 0.1) is 16.1 Å². The lowest BCUT2D eigenvalue weighted by Crippen LogP contribution is -2.13. The van der Waals surface area contributed by atoms with Gasteiger partial charge in [0.1, 0.15) is 17.2 Å². The Balaban J connectivity index is 1.48. The van der Waals surface area contributed by atoms with E-state index in [4.69, 9.17) is 16.1 Å². The predicted octanol–water partition coefficient (Wildman–Crippen LogP) is 4.40. The second kappa shape index (κ2) is 8.31. The first-order valence-electron chi connectivity index (χ1n) is 10.7. The van der Waals surface area contributed by atoms with Crippen LogP contribution >= 0.6 is 0 Å². The molecule has 0 saturated heterocycles. The summed E-state index contributed by atoms with van der Waals surface area (Å²) in [5.41, 5.74) is 9.07. The van der Waals surface area contributed by atoms with Gasteiger partial charge in [0.25, 0.3) is 10.0 Å². The summed E-state index contributed by atoms with van der Waals surface area (Å²) < 4.78 is 31.1. The third-order valence-corrected chi connectivity index (χ3v) is 7.27. The first-order valence-corrected chi connectivity index (χ1v) is 12.2. The van der Waals surface area contributed by atoms with E-state index < -0.39 is 10.0 Å². The molecule has 0 amide bonds. The standard InChI is InChI=1S/C26H23N5O2S/c1-31-23-8-4-7-22(25(23)29-24(31)15-17-9-11-19(12-10-17)26(27)28)30-34(32,33)21-14-13-18-5-2-3-6-20(18)16-21/h2-14,16,30H,15H2,1H3,(H3,27,28). The van der Waals surface area contributed by atoms with Crippen molar-refractivity contribution < 1.29 is 8.42 Å². The number of para-hydroxylation sites is 1. The van der Waals surface area contributed by atoms with E-state index in [2.05, 4.69) is 4.72 Å². The van der Waals surface area contributed by atoms with Crippen LogP contribution in [-0.4, -0.2) is 23.8 Å². The van der Waals surface area contributed by atoms with Gasteiger partial charge in [-0.1, -0.05) is 60.7 Å². The van der Waals surface area contributed by atoms with Crippen LogP contribution in [0.2, 0.25) is 0 Å². The number of nitrogen functional groups attached to an aromatic ring is 1. The van der Waals surface area contributed by atoms with Crippen molar-refractivity contribution in [3.8, 4) is 0 Å². The molecule has 4 N–H and O–H groups in total. The van der Waals surface area contributed by atoms with E-state index in [-0.39, 0.29) is 10.7 Å². The SMILES string of the molecule is Cn1c(Cc2ccc(C(=N)N)cc2)nc2c(NS(=O)(=O)c3ccc4ccccc4c3)cccc21. The molecule has 0 saturated carbocycles. The Labute approximate surface area is 197 Å². The Bertz CT molecular complexity index is 1650. The molecule has 5 aromatic rings. The summed E-state index contributed by atoms with van der Waals surface area (Å²) in [6.45, 7) is 0. The van der Waals surface area contributed by atoms with E-state index in [0.717, 1.165) is 27.7 Å². The van der Waals surface area contributed by atoms with Crippen molar-refractivity contribution in [2.75, 3.05) is 4.72 Å². The highest BCUT2D eigenvalue weighted by atomic mass is 32.2. The monoisotopic (exact) mass is 469 g/mol. The average molecular weight is 470 g/mol.